The Kier molecular flexibility index (Phi) is 6.45. The maximum absolute atomic E-state index is 11.5. The Labute approximate surface area is 134 Å². The number of alkyl carbamates (subject to hydrolysis) is 1. The second kappa shape index (κ2) is 8.85. The second-order valence-electron chi connectivity index (χ2n) is 4.56. The molecule has 0 fully saturated rings. The third-order valence-corrected chi connectivity index (χ3v) is 3.19. The summed E-state index contributed by atoms with van der Waals surface area (Å²) in [4.78, 5) is 15.5. The molecule has 0 aliphatic carbocycles. The summed E-state index contributed by atoms with van der Waals surface area (Å²) in [5, 5.41) is 3.16. The number of hydrogen-bond acceptors (Lipinski definition) is 3. The Morgan fingerprint density at radius 3 is 2.82 bits per heavy atom. The van der Waals surface area contributed by atoms with E-state index >= 15 is 0 Å². The fraction of sp³-hybridized carbons (Fsp3) is 0.176. The van der Waals surface area contributed by atoms with Crippen molar-refractivity contribution >= 4 is 23.8 Å². The van der Waals surface area contributed by atoms with Crippen LogP contribution in [0.4, 0.5) is 4.79 Å². The Morgan fingerprint density at radius 2 is 2.05 bits per heavy atom. The van der Waals surface area contributed by atoms with Gasteiger partial charge in [-0.2, -0.15) is 0 Å². The molecule has 2 rings (SSSR count). The van der Waals surface area contributed by atoms with Crippen LogP contribution in [0.3, 0.4) is 0 Å². The van der Waals surface area contributed by atoms with Gasteiger partial charge in [-0.05, 0) is 18.1 Å². The topological polar surface area (TPSA) is 51.2 Å². The Morgan fingerprint density at radius 1 is 1.23 bits per heavy atom. The van der Waals surface area contributed by atoms with Crippen molar-refractivity contribution in [3.8, 4) is 0 Å². The highest BCUT2D eigenvalue weighted by Crippen LogP contribution is 2.13. The number of pyridine rings is 1. The predicted molar refractivity (Wildman–Crippen MR) is 87.5 cm³/mol. The molecule has 0 saturated carbocycles. The third kappa shape index (κ3) is 5.58. The van der Waals surface area contributed by atoms with E-state index in [0.29, 0.717) is 18.1 Å². The average molecular weight is 317 g/mol. The van der Waals surface area contributed by atoms with Gasteiger partial charge >= 0.3 is 6.09 Å². The van der Waals surface area contributed by atoms with Crippen LogP contribution in [-0.4, -0.2) is 17.6 Å². The summed E-state index contributed by atoms with van der Waals surface area (Å²) in [6, 6.07) is 13.3. The predicted octanol–water partition coefficient (Wildman–Crippen LogP) is 4.06. The lowest BCUT2D eigenvalue weighted by molar-refractivity contribution is 0.140. The van der Waals surface area contributed by atoms with Crippen molar-refractivity contribution < 1.29 is 9.53 Å². The number of nitrogens with one attached hydrogen (secondary N) is 1. The molecule has 1 N–H and O–H groups in total. The van der Waals surface area contributed by atoms with Gasteiger partial charge in [0.15, 0.2) is 0 Å². The van der Waals surface area contributed by atoms with Gasteiger partial charge in [-0.3, -0.25) is 0 Å². The van der Waals surface area contributed by atoms with E-state index in [4.69, 9.17) is 16.3 Å². The molecular formula is C17H17ClN2O2. The van der Waals surface area contributed by atoms with Crippen LogP contribution in [0.5, 0.6) is 0 Å². The number of halogens is 1. The lowest BCUT2D eigenvalue weighted by Gasteiger charge is -2.05. The molecule has 2 aromatic rings. The van der Waals surface area contributed by atoms with Crippen molar-refractivity contribution in [1.82, 2.24) is 10.3 Å². The van der Waals surface area contributed by atoms with Crippen LogP contribution in [0.2, 0.25) is 5.15 Å². The normalized spacial score (nSPS) is 10.6. The SMILES string of the molecule is O=C(NCCC=Cc1cccnc1Cl)OCc1ccccc1. The van der Waals surface area contributed by atoms with Gasteiger partial charge in [-0.25, -0.2) is 9.78 Å². The maximum Gasteiger partial charge on any atom is 0.407 e. The first kappa shape index (κ1) is 16.0. The van der Waals surface area contributed by atoms with Gasteiger partial charge in [-0.1, -0.05) is 60.2 Å². The summed E-state index contributed by atoms with van der Waals surface area (Å²) >= 11 is 5.93. The van der Waals surface area contributed by atoms with E-state index in [-0.39, 0.29) is 6.61 Å². The number of carbonyl (C=O) groups is 1. The highest BCUT2D eigenvalue weighted by molar-refractivity contribution is 6.30. The molecule has 0 spiro atoms. The quantitative estimate of drug-likeness (QED) is 0.645. The van der Waals surface area contributed by atoms with Crippen molar-refractivity contribution in [3.05, 3.63) is 71.0 Å². The largest absolute Gasteiger partial charge is 0.445 e. The zero-order valence-electron chi connectivity index (χ0n) is 12.0. The third-order valence-electron chi connectivity index (χ3n) is 2.88. The minimum Gasteiger partial charge on any atom is -0.445 e. The smallest absolute Gasteiger partial charge is 0.407 e. The van der Waals surface area contributed by atoms with Crippen LogP contribution >= 0.6 is 11.6 Å². The summed E-state index contributed by atoms with van der Waals surface area (Å²) in [5.74, 6) is 0. The molecule has 0 radical (unpaired) electrons. The van der Waals surface area contributed by atoms with Gasteiger partial charge in [-0.15, -0.1) is 0 Å². The van der Waals surface area contributed by atoms with E-state index in [1.54, 1.807) is 6.20 Å². The Hall–Kier alpha value is -2.33. The van der Waals surface area contributed by atoms with Gasteiger partial charge in [0, 0.05) is 18.3 Å². The summed E-state index contributed by atoms with van der Waals surface area (Å²) in [7, 11) is 0. The molecule has 1 aromatic carbocycles. The van der Waals surface area contributed by atoms with E-state index in [9.17, 15) is 4.79 Å². The van der Waals surface area contributed by atoms with Gasteiger partial charge in [0.1, 0.15) is 11.8 Å². The van der Waals surface area contributed by atoms with Crippen LogP contribution in [0.25, 0.3) is 6.08 Å². The number of nitrogens with zero attached hydrogens (tertiary/aromatic N) is 1. The molecule has 0 atom stereocenters. The van der Waals surface area contributed by atoms with Gasteiger partial charge < -0.3 is 10.1 Å². The highest BCUT2D eigenvalue weighted by Gasteiger charge is 2.00. The lowest BCUT2D eigenvalue weighted by Crippen LogP contribution is -2.24. The first-order valence-corrected chi connectivity index (χ1v) is 7.35. The minimum atomic E-state index is -0.420. The summed E-state index contributed by atoms with van der Waals surface area (Å²) < 4.78 is 5.11. The summed E-state index contributed by atoms with van der Waals surface area (Å²) in [6.45, 7) is 0.774. The van der Waals surface area contributed by atoms with Crippen molar-refractivity contribution in [2.75, 3.05) is 6.54 Å². The fourth-order valence-corrected chi connectivity index (χ4v) is 1.95. The molecule has 1 amide bonds. The van der Waals surface area contributed by atoms with Gasteiger partial charge in [0.05, 0.1) is 0 Å². The fourth-order valence-electron chi connectivity index (χ4n) is 1.76. The van der Waals surface area contributed by atoms with Gasteiger partial charge in [0.25, 0.3) is 0 Å². The molecule has 1 aromatic heterocycles. The van der Waals surface area contributed by atoms with E-state index in [1.807, 2.05) is 54.6 Å². The van der Waals surface area contributed by atoms with Crippen molar-refractivity contribution in [2.24, 2.45) is 0 Å². The van der Waals surface area contributed by atoms with Crippen molar-refractivity contribution in [3.63, 3.8) is 0 Å². The van der Waals surface area contributed by atoms with Crippen molar-refractivity contribution in [1.29, 1.82) is 0 Å². The molecule has 0 bridgehead atoms. The maximum atomic E-state index is 11.5. The van der Waals surface area contributed by atoms with Crippen LogP contribution < -0.4 is 5.32 Å². The van der Waals surface area contributed by atoms with E-state index in [0.717, 1.165) is 11.1 Å². The zero-order chi connectivity index (χ0) is 15.6. The average Bonchev–Trinajstić information content (AvgIpc) is 2.55. The molecule has 114 valence electrons. The minimum absolute atomic E-state index is 0.272. The monoisotopic (exact) mass is 316 g/mol. The van der Waals surface area contributed by atoms with E-state index in [2.05, 4.69) is 10.3 Å². The van der Waals surface area contributed by atoms with Crippen LogP contribution in [0.1, 0.15) is 17.5 Å². The summed E-state index contributed by atoms with van der Waals surface area (Å²) in [6.07, 6.45) is 5.72. The highest BCUT2D eigenvalue weighted by atomic mass is 35.5. The van der Waals surface area contributed by atoms with E-state index < -0.39 is 6.09 Å². The second-order valence-corrected chi connectivity index (χ2v) is 4.92. The number of benzene rings is 1. The van der Waals surface area contributed by atoms with Crippen LogP contribution in [-0.2, 0) is 11.3 Å². The van der Waals surface area contributed by atoms with Crippen LogP contribution in [0.15, 0.2) is 54.7 Å². The molecule has 1 heterocycles. The van der Waals surface area contributed by atoms with Crippen LogP contribution in [0, 0.1) is 0 Å². The molecule has 22 heavy (non-hydrogen) atoms. The molecular weight excluding hydrogens is 300 g/mol. The number of amides is 1. The molecule has 0 unspecified atom stereocenters. The first-order valence-electron chi connectivity index (χ1n) is 6.97. The molecule has 0 aliphatic rings. The van der Waals surface area contributed by atoms with E-state index in [1.165, 1.54) is 0 Å². The number of carbonyl (C=O) groups excluding carboxylic acids is 1. The number of rotatable bonds is 6. The standard InChI is InChI=1S/C17H17ClN2O2/c18-16-15(10-6-12-19-16)9-4-5-11-20-17(21)22-13-14-7-2-1-3-8-14/h1-4,6-10,12H,5,11,13H2,(H,20,21). The number of aromatic nitrogens is 1. The summed E-state index contributed by atoms with van der Waals surface area (Å²) in [5.41, 5.74) is 1.82. The zero-order valence-corrected chi connectivity index (χ0v) is 12.8. The van der Waals surface area contributed by atoms with Crippen molar-refractivity contribution in [2.45, 2.75) is 13.0 Å². The van der Waals surface area contributed by atoms with Gasteiger partial charge in [0.2, 0.25) is 0 Å². The lowest BCUT2D eigenvalue weighted by atomic mass is 10.2. The Bertz CT molecular complexity index is 630. The number of ether oxygens (including phenoxy) is 1. The molecule has 5 heteroatoms. The molecule has 4 nitrogen and oxygen atoms in total. The number of hydrogen-bond donors (Lipinski definition) is 1. The molecule has 0 saturated heterocycles. The molecule has 0 aliphatic heterocycles. The Balaban J connectivity index is 1.64. The first-order chi connectivity index (χ1) is 10.8.